The van der Waals surface area contributed by atoms with Gasteiger partial charge in [0.2, 0.25) is 11.8 Å². The van der Waals surface area contributed by atoms with Crippen LogP contribution < -0.4 is 10.1 Å². The number of amides is 1. The number of nitrogens with one attached hydrogen (secondary N) is 1. The third-order valence-corrected chi connectivity index (χ3v) is 2.26. The number of hydrogen-bond donors (Lipinski definition) is 1. The molecule has 0 bridgehead atoms. The molecule has 17 heavy (non-hydrogen) atoms. The molecule has 0 spiro atoms. The van der Waals surface area contributed by atoms with Gasteiger partial charge in [-0.3, -0.25) is 10.1 Å². The minimum absolute atomic E-state index is 0.198. The predicted molar refractivity (Wildman–Crippen MR) is 62.8 cm³/mol. The summed E-state index contributed by atoms with van der Waals surface area (Å²) in [4.78, 5) is 11.0. The number of carbonyl (C=O) groups is 1. The maximum Gasteiger partial charge on any atom is 0.239 e. The zero-order valence-electron chi connectivity index (χ0n) is 9.56. The van der Waals surface area contributed by atoms with E-state index in [4.69, 9.17) is 9.26 Å². The van der Waals surface area contributed by atoms with Crippen molar-refractivity contribution >= 4 is 11.8 Å². The van der Waals surface area contributed by atoms with Gasteiger partial charge in [0.15, 0.2) is 0 Å². The van der Waals surface area contributed by atoms with Gasteiger partial charge in [-0.1, -0.05) is 17.3 Å². The smallest absolute Gasteiger partial charge is 0.239 e. The molecule has 0 unspecified atom stereocenters. The molecule has 2 aromatic rings. The Balaban J connectivity index is 2.32. The van der Waals surface area contributed by atoms with Crippen LogP contribution in [0.5, 0.6) is 5.75 Å². The molecule has 5 nitrogen and oxygen atoms in total. The molecular weight excluding hydrogens is 220 g/mol. The van der Waals surface area contributed by atoms with Crippen LogP contribution in [0.4, 0.5) is 5.88 Å². The highest BCUT2D eigenvalue weighted by molar-refractivity contribution is 5.91. The van der Waals surface area contributed by atoms with Crippen molar-refractivity contribution in [2.75, 3.05) is 12.4 Å². The summed E-state index contributed by atoms with van der Waals surface area (Å²) in [7, 11) is 1.61. The highest BCUT2D eigenvalue weighted by Gasteiger charge is 2.11. The number of nitrogens with zero attached hydrogens (tertiary/aromatic N) is 1. The lowest BCUT2D eigenvalue weighted by Crippen LogP contribution is -2.05. The van der Waals surface area contributed by atoms with E-state index in [1.54, 1.807) is 13.3 Å². The minimum atomic E-state index is -0.198. The van der Waals surface area contributed by atoms with Gasteiger partial charge in [0, 0.05) is 6.92 Å². The quantitative estimate of drug-likeness (QED) is 0.881. The van der Waals surface area contributed by atoms with E-state index in [1.807, 2.05) is 24.3 Å². The Kier molecular flexibility index (Phi) is 3.09. The normalized spacial score (nSPS) is 10.0. The van der Waals surface area contributed by atoms with Crippen molar-refractivity contribution in [2.24, 2.45) is 0 Å². The first-order chi connectivity index (χ1) is 8.20. The van der Waals surface area contributed by atoms with Crippen molar-refractivity contribution in [1.29, 1.82) is 0 Å². The second-order valence-corrected chi connectivity index (χ2v) is 3.48. The molecule has 0 saturated carbocycles. The zero-order valence-corrected chi connectivity index (χ0v) is 9.56. The van der Waals surface area contributed by atoms with Crippen molar-refractivity contribution in [3.63, 3.8) is 0 Å². The number of aromatic nitrogens is 1. The molecule has 0 radical (unpaired) electrons. The fourth-order valence-corrected chi connectivity index (χ4v) is 1.47. The van der Waals surface area contributed by atoms with Crippen molar-refractivity contribution in [1.82, 2.24) is 5.16 Å². The summed E-state index contributed by atoms with van der Waals surface area (Å²) in [6.07, 6.45) is 1.56. The summed E-state index contributed by atoms with van der Waals surface area (Å²) in [6.45, 7) is 1.42. The molecule has 0 atom stereocenters. The minimum Gasteiger partial charge on any atom is -0.497 e. The SMILES string of the molecule is COc1ccc(-c2cnoc2NC(C)=O)cc1. The van der Waals surface area contributed by atoms with Crippen LogP contribution in [0.2, 0.25) is 0 Å². The second-order valence-electron chi connectivity index (χ2n) is 3.48. The fourth-order valence-electron chi connectivity index (χ4n) is 1.47. The Morgan fingerprint density at radius 3 is 2.65 bits per heavy atom. The van der Waals surface area contributed by atoms with Crippen LogP contribution in [0.25, 0.3) is 11.1 Å². The summed E-state index contributed by atoms with van der Waals surface area (Å²) in [6, 6.07) is 7.41. The molecule has 1 N–H and O–H groups in total. The Bertz CT molecular complexity index is 517. The second kappa shape index (κ2) is 4.69. The molecule has 5 heteroatoms. The molecular formula is C12H12N2O3. The first-order valence-electron chi connectivity index (χ1n) is 5.07. The number of hydrogen-bond acceptors (Lipinski definition) is 4. The molecule has 88 valence electrons. The van der Waals surface area contributed by atoms with Crippen LogP contribution in [-0.4, -0.2) is 18.2 Å². The van der Waals surface area contributed by atoms with Gasteiger partial charge in [-0.25, -0.2) is 0 Å². The zero-order chi connectivity index (χ0) is 12.3. The van der Waals surface area contributed by atoms with Gasteiger partial charge < -0.3 is 9.26 Å². The maximum absolute atomic E-state index is 11.0. The van der Waals surface area contributed by atoms with Gasteiger partial charge in [-0.15, -0.1) is 0 Å². The first kappa shape index (κ1) is 11.2. The summed E-state index contributed by atoms with van der Waals surface area (Å²) in [5, 5.41) is 6.25. The van der Waals surface area contributed by atoms with E-state index in [0.29, 0.717) is 5.88 Å². The van der Waals surface area contributed by atoms with Gasteiger partial charge in [0.05, 0.1) is 18.9 Å². The lowest BCUT2D eigenvalue weighted by Gasteiger charge is -2.03. The third-order valence-electron chi connectivity index (χ3n) is 2.26. The summed E-state index contributed by atoms with van der Waals surface area (Å²) in [5.41, 5.74) is 1.64. The number of rotatable bonds is 3. The highest BCUT2D eigenvalue weighted by Crippen LogP contribution is 2.28. The van der Waals surface area contributed by atoms with Gasteiger partial charge in [0.25, 0.3) is 0 Å². The summed E-state index contributed by atoms with van der Waals surface area (Å²) < 4.78 is 10.0. The standard InChI is InChI=1S/C12H12N2O3/c1-8(15)14-12-11(7-13-17-12)9-3-5-10(16-2)6-4-9/h3-7H,1-2H3,(H,14,15). The van der Waals surface area contributed by atoms with E-state index < -0.39 is 0 Å². The molecule has 0 fully saturated rings. The number of carbonyl (C=O) groups excluding carboxylic acids is 1. The van der Waals surface area contributed by atoms with Gasteiger partial charge in [0.1, 0.15) is 5.75 Å². The van der Waals surface area contributed by atoms with Crippen molar-refractivity contribution < 1.29 is 14.1 Å². The third kappa shape index (κ3) is 2.44. The molecule has 0 aliphatic rings. The fraction of sp³-hybridized carbons (Fsp3) is 0.167. The van der Waals surface area contributed by atoms with E-state index in [-0.39, 0.29) is 5.91 Å². The van der Waals surface area contributed by atoms with Gasteiger partial charge in [-0.05, 0) is 17.7 Å². The van der Waals surface area contributed by atoms with Gasteiger partial charge in [-0.2, -0.15) is 0 Å². The van der Waals surface area contributed by atoms with E-state index >= 15 is 0 Å². The highest BCUT2D eigenvalue weighted by atomic mass is 16.5. The van der Waals surface area contributed by atoms with E-state index in [0.717, 1.165) is 16.9 Å². The molecule has 0 aliphatic heterocycles. The molecule has 1 aromatic heterocycles. The van der Waals surface area contributed by atoms with Crippen molar-refractivity contribution in [3.8, 4) is 16.9 Å². The Hall–Kier alpha value is -2.30. The lowest BCUT2D eigenvalue weighted by atomic mass is 10.1. The van der Waals surface area contributed by atoms with Crippen LogP contribution in [0.3, 0.4) is 0 Å². The van der Waals surface area contributed by atoms with E-state index in [1.165, 1.54) is 6.92 Å². The monoisotopic (exact) mass is 232 g/mol. The van der Waals surface area contributed by atoms with Crippen molar-refractivity contribution in [2.45, 2.75) is 6.92 Å². The molecule has 1 heterocycles. The van der Waals surface area contributed by atoms with Crippen LogP contribution >= 0.6 is 0 Å². The maximum atomic E-state index is 11.0. The first-order valence-corrected chi connectivity index (χ1v) is 5.07. The summed E-state index contributed by atoms with van der Waals surface area (Å²) >= 11 is 0. The van der Waals surface area contributed by atoms with Crippen LogP contribution in [0.1, 0.15) is 6.92 Å². The topological polar surface area (TPSA) is 64.4 Å². The van der Waals surface area contributed by atoms with Crippen LogP contribution in [0.15, 0.2) is 35.0 Å². The Morgan fingerprint density at radius 2 is 2.06 bits per heavy atom. The predicted octanol–water partition coefficient (Wildman–Crippen LogP) is 2.31. The summed E-state index contributed by atoms with van der Waals surface area (Å²) in [5.74, 6) is 0.922. The van der Waals surface area contributed by atoms with Gasteiger partial charge >= 0.3 is 0 Å². The Morgan fingerprint density at radius 1 is 1.35 bits per heavy atom. The van der Waals surface area contributed by atoms with Crippen LogP contribution in [-0.2, 0) is 4.79 Å². The number of benzene rings is 1. The molecule has 0 saturated heterocycles. The van der Waals surface area contributed by atoms with E-state index in [9.17, 15) is 4.79 Å². The Labute approximate surface area is 98.4 Å². The average molecular weight is 232 g/mol. The van der Waals surface area contributed by atoms with Crippen molar-refractivity contribution in [3.05, 3.63) is 30.5 Å². The molecule has 1 amide bonds. The number of ether oxygens (including phenoxy) is 1. The molecule has 1 aromatic carbocycles. The lowest BCUT2D eigenvalue weighted by molar-refractivity contribution is -0.114. The largest absolute Gasteiger partial charge is 0.497 e. The molecule has 2 rings (SSSR count). The average Bonchev–Trinajstić information content (AvgIpc) is 2.76. The van der Waals surface area contributed by atoms with E-state index in [2.05, 4.69) is 10.5 Å². The molecule has 0 aliphatic carbocycles. The van der Waals surface area contributed by atoms with Crippen LogP contribution in [0, 0.1) is 0 Å². The number of anilines is 1. The number of methoxy groups -OCH3 is 1.